The minimum absolute atomic E-state index is 0.0577. The largest absolute Gasteiger partial charge is 0.342 e. The van der Waals surface area contributed by atoms with Gasteiger partial charge in [-0.15, -0.1) is 11.3 Å². The number of amides is 2. The first-order valence-corrected chi connectivity index (χ1v) is 11.0. The van der Waals surface area contributed by atoms with E-state index in [0.29, 0.717) is 30.1 Å². The Bertz CT molecular complexity index is 698. The summed E-state index contributed by atoms with van der Waals surface area (Å²) in [6.07, 6.45) is 5.14. The van der Waals surface area contributed by atoms with Crippen molar-refractivity contribution in [3.8, 4) is 6.07 Å². The molecule has 2 saturated heterocycles. The number of hydrogen-bond donors (Lipinski definition) is 1. The number of nitrogens with one attached hydrogen (secondary N) is 1. The van der Waals surface area contributed by atoms with Gasteiger partial charge in [0.1, 0.15) is 11.1 Å². The quantitative estimate of drug-likeness (QED) is 0.786. The van der Waals surface area contributed by atoms with Gasteiger partial charge in [-0.3, -0.25) is 14.5 Å². The van der Waals surface area contributed by atoms with Crippen molar-refractivity contribution < 1.29 is 9.59 Å². The predicted octanol–water partition coefficient (Wildman–Crippen LogP) is 1.97. The van der Waals surface area contributed by atoms with E-state index in [1.807, 2.05) is 4.90 Å². The molecule has 1 aromatic heterocycles. The number of nitriles is 1. The van der Waals surface area contributed by atoms with Crippen LogP contribution in [0.1, 0.15) is 37.7 Å². The van der Waals surface area contributed by atoms with Gasteiger partial charge in [0.15, 0.2) is 0 Å². The van der Waals surface area contributed by atoms with Crippen LogP contribution >= 0.6 is 11.3 Å². The van der Waals surface area contributed by atoms with Gasteiger partial charge in [-0.05, 0) is 24.3 Å². The number of likely N-dealkylation sites (tertiary alicyclic amines) is 1. The lowest BCUT2D eigenvalue weighted by molar-refractivity contribution is -0.132. The van der Waals surface area contributed by atoms with Gasteiger partial charge >= 0.3 is 0 Å². The van der Waals surface area contributed by atoms with Crippen molar-refractivity contribution in [1.82, 2.24) is 14.7 Å². The number of nitrogens with zero attached hydrogens (tertiary/aromatic N) is 4. The van der Waals surface area contributed by atoms with Gasteiger partial charge in [-0.2, -0.15) is 5.26 Å². The number of thiophene rings is 1. The molecule has 2 amide bonds. The molecule has 8 heteroatoms. The van der Waals surface area contributed by atoms with E-state index in [9.17, 15) is 9.59 Å². The van der Waals surface area contributed by atoms with Gasteiger partial charge in [0.2, 0.25) is 11.8 Å². The van der Waals surface area contributed by atoms with Crippen LogP contribution in [0.2, 0.25) is 0 Å². The Morgan fingerprint density at radius 2 is 1.71 bits per heavy atom. The van der Waals surface area contributed by atoms with Gasteiger partial charge in [0, 0.05) is 52.2 Å². The highest BCUT2D eigenvalue weighted by atomic mass is 32.1. The molecule has 152 valence electrons. The molecule has 2 fully saturated rings. The van der Waals surface area contributed by atoms with Crippen molar-refractivity contribution in [2.45, 2.75) is 32.1 Å². The summed E-state index contributed by atoms with van der Waals surface area (Å²) in [6, 6.07) is 3.80. The van der Waals surface area contributed by atoms with E-state index in [1.54, 1.807) is 11.4 Å². The summed E-state index contributed by atoms with van der Waals surface area (Å²) in [6.45, 7) is 6.52. The van der Waals surface area contributed by atoms with Crippen LogP contribution in [0.15, 0.2) is 11.4 Å². The van der Waals surface area contributed by atoms with Crippen LogP contribution in [0.25, 0.3) is 0 Å². The molecule has 28 heavy (non-hydrogen) atoms. The average molecular weight is 404 g/mol. The van der Waals surface area contributed by atoms with Gasteiger partial charge in [0.25, 0.3) is 0 Å². The molecule has 3 rings (SSSR count). The molecule has 0 aromatic carbocycles. The van der Waals surface area contributed by atoms with E-state index in [1.165, 1.54) is 24.2 Å². The number of anilines is 1. The highest BCUT2D eigenvalue weighted by Gasteiger charge is 2.22. The molecular weight excluding hydrogens is 374 g/mol. The molecular formula is C20H29N5O2S. The summed E-state index contributed by atoms with van der Waals surface area (Å²) in [5.41, 5.74) is 0.515. The van der Waals surface area contributed by atoms with Crippen LogP contribution in [0, 0.1) is 11.3 Å². The molecule has 0 unspecified atom stereocenters. The van der Waals surface area contributed by atoms with Crippen LogP contribution in [-0.2, 0) is 9.59 Å². The highest BCUT2D eigenvalue weighted by Crippen LogP contribution is 2.22. The van der Waals surface area contributed by atoms with E-state index in [4.69, 9.17) is 5.26 Å². The zero-order valence-electron chi connectivity index (χ0n) is 16.4. The molecule has 2 aliphatic heterocycles. The SMILES string of the molecule is N#Cc1ccsc1NC(=O)CCN1CCN(CC(=O)N2CCCCCC2)CC1. The third-order valence-electron chi connectivity index (χ3n) is 5.48. The van der Waals surface area contributed by atoms with E-state index in [-0.39, 0.29) is 11.8 Å². The third-order valence-corrected chi connectivity index (χ3v) is 6.31. The maximum atomic E-state index is 12.5. The minimum Gasteiger partial charge on any atom is -0.342 e. The second-order valence-electron chi connectivity index (χ2n) is 7.49. The van der Waals surface area contributed by atoms with E-state index >= 15 is 0 Å². The molecule has 7 nitrogen and oxygen atoms in total. The number of carbonyl (C=O) groups is 2. The lowest BCUT2D eigenvalue weighted by Gasteiger charge is -2.35. The molecule has 0 atom stereocenters. The van der Waals surface area contributed by atoms with Crippen LogP contribution in [-0.4, -0.2) is 78.9 Å². The van der Waals surface area contributed by atoms with E-state index in [0.717, 1.165) is 52.1 Å². The van der Waals surface area contributed by atoms with E-state index < -0.39 is 0 Å². The second-order valence-corrected chi connectivity index (χ2v) is 8.40. The Morgan fingerprint density at radius 1 is 1.04 bits per heavy atom. The summed E-state index contributed by atoms with van der Waals surface area (Å²) in [4.78, 5) is 31.2. The first kappa shape index (κ1) is 20.8. The van der Waals surface area contributed by atoms with Gasteiger partial charge in [-0.1, -0.05) is 12.8 Å². The van der Waals surface area contributed by atoms with Crippen molar-refractivity contribution in [3.05, 3.63) is 17.0 Å². The molecule has 2 aliphatic rings. The van der Waals surface area contributed by atoms with Crippen molar-refractivity contribution in [1.29, 1.82) is 5.26 Å². The van der Waals surface area contributed by atoms with Crippen molar-refractivity contribution in [2.24, 2.45) is 0 Å². The predicted molar refractivity (Wildman–Crippen MR) is 110 cm³/mol. The van der Waals surface area contributed by atoms with E-state index in [2.05, 4.69) is 21.2 Å². The molecule has 0 radical (unpaired) electrons. The number of hydrogen-bond acceptors (Lipinski definition) is 6. The summed E-state index contributed by atoms with van der Waals surface area (Å²) in [5.74, 6) is 0.205. The second kappa shape index (κ2) is 10.6. The van der Waals surface area contributed by atoms with Crippen molar-refractivity contribution in [3.63, 3.8) is 0 Å². The number of piperazine rings is 1. The first-order chi connectivity index (χ1) is 13.7. The highest BCUT2D eigenvalue weighted by molar-refractivity contribution is 7.14. The Balaban J connectivity index is 1.34. The Hall–Kier alpha value is -1.95. The zero-order chi connectivity index (χ0) is 19.8. The lowest BCUT2D eigenvalue weighted by Crippen LogP contribution is -2.50. The first-order valence-electron chi connectivity index (χ1n) is 10.2. The smallest absolute Gasteiger partial charge is 0.236 e. The minimum atomic E-state index is -0.0577. The average Bonchev–Trinajstić information content (AvgIpc) is 2.97. The zero-order valence-corrected chi connectivity index (χ0v) is 17.2. The molecule has 1 N–H and O–H groups in total. The van der Waals surface area contributed by atoms with Crippen LogP contribution in [0.3, 0.4) is 0 Å². The molecule has 1 aromatic rings. The van der Waals surface area contributed by atoms with Gasteiger partial charge in [0.05, 0.1) is 12.1 Å². The topological polar surface area (TPSA) is 79.7 Å². The molecule has 0 aliphatic carbocycles. The Labute approximate surface area is 170 Å². The summed E-state index contributed by atoms with van der Waals surface area (Å²) in [7, 11) is 0. The summed E-state index contributed by atoms with van der Waals surface area (Å²) in [5, 5.41) is 14.3. The number of carbonyl (C=O) groups excluding carboxylic acids is 2. The molecule has 0 saturated carbocycles. The van der Waals surface area contributed by atoms with Crippen LogP contribution in [0.4, 0.5) is 5.00 Å². The lowest BCUT2D eigenvalue weighted by atomic mass is 10.2. The fraction of sp³-hybridized carbons (Fsp3) is 0.650. The van der Waals surface area contributed by atoms with Crippen LogP contribution in [0.5, 0.6) is 0 Å². The standard InChI is InChI=1S/C20H29N5O2S/c21-15-17-6-14-28-20(17)22-18(26)5-9-23-10-12-24(13-11-23)16-19(27)25-7-3-1-2-4-8-25/h6,14H,1-5,7-13,16H2,(H,22,26). The van der Waals surface area contributed by atoms with Gasteiger partial charge < -0.3 is 15.1 Å². The summed E-state index contributed by atoms with van der Waals surface area (Å²) >= 11 is 1.37. The third kappa shape index (κ3) is 6.03. The fourth-order valence-corrected chi connectivity index (χ4v) is 4.48. The maximum Gasteiger partial charge on any atom is 0.236 e. The fourth-order valence-electron chi connectivity index (χ4n) is 3.73. The number of rotatable bonds is 6. The van der Waals surface area contributed by atoms with Crippen molar-refractivity contribution >= 4 is 28.2 Å². The summed E-state index contributed by atoms with van der Waals surface area (Å²) < 4.78 is 0. The van der Waals surface area contributed by atoms with Crippen LogP contribution < -0.4 is 5.32 Å². The molecule has 0 bridgehead atoms. The maximum absolute atomic E-state index is 12.5. The van der Waals surface area contributed by atoms with Gasteiger partial charge in [-0.25, -0.2) is 0 Å². The van der Waals surface area contributed by atoms with Crippen molar-refractivity contribution in [2.75, 3.05) is 57.7 Å². The monoisotopic (exact) mass is 403 g/mol. The Kier molecular flexibility index (Phi) is 7.83. The normalized spacial score (nSPS) is 19.0. The molecule has 3 heterocycles. The Morgan fingerprint density at radius 3 is 2.39 bits per heavy atom. The molecule has 0 spiro atoms.